The predicted molar refractivity (Wildman–Crippen MR) is 344 cm³/mol. The second-order valence-corrected chi connectivity index (χ2v) is 34.4. The first-order valence-electron chi connectivity index (χ1n) is 26.7. The van der Waals surface area contributed by atoms with E-state index < -0.39 is 29.1 Å². The van der Waals surface area contributed by atoms with Crippen LogP contribution in [0.15, 0.2) is 364 Å². The van der Waals surface area contributed by atoms with Crippen LogP contribution in [0.2, 0.25) is 0 Å². The molecule has 7 heteroatoms. The summed E-state index contributed by atoms with van der Waals surface area (Å²) in [6, 6.07) is 131. The van der Waals surface area contributed by atoms with Gasteiger partial charge in [-0.25, -0.2) is 0 Å². The molecule has 0 unspecified atom stereocenters. The van der Waals surface area contributed by atoms with E-state index in [0.29, 0.717) is 0 Å². The maximum absolute atomic E-state index is 9.32. The van der Waals surface area contributed by atoms with Crippen LogP contribution in [0.1, 0.15) is 0 Å². The summed E-state index contributed by atoms with van der Waals surface area (Å²) >= 11 is 0. The van der Waals surface area contributed by atoms with E-state index in [9.17, 15) is 12.9 Å². The zero-order chi connectivity index (χ0) is 53.4. The number of hydrogen-bond donors (Lipinski definition) is 0. The van der Waals surface area contributed by atoms with Crippen molar-refractivity contribution in [3.05, 3.63) is 364 Å². The van der Waals surface area contributed by atoms with E-state index in [0.717, 1.165) is 63.7 Å². The van der Waals surface area contributed by atoms with Crippen molar-refractivity contribution in [2.24, 2.45) is 0 Å². The van der Waals surface area contributed by atoms with Gasteiger partial charge in [-0.1, -0.05) is 0 Å². The van der Waals surface area contributed by atoms with Crippen LogP contribution in [0.25, 0.3) is 0 Å². The van der Waals surface area contributed by atoms with E-state index >= 15 is 0 Å². The molecule has 0 amide bonds. The van der Waals surface area contributed by atoms with Gasteiger partial charge in [-0.05, 0) is 0 Å². The summed E-state index contributed by atoms with van der Waals surface area (Å²) in [6.07, 6.45) is 0. The Bertz CT molecular complexity index is 2950. The van der Waals surface area contributed by atoms with Gasteiger partial charge < -0.3 is 0 Å². The van der Waals surface area contributed by atoms with Gasteiger partial charge in [0, 0.05) is 0 Å². The summed E-state index contributed by atoms with van der Waals surface area (Å²) in [7, 11) is -2.78. The van der Waals surface area contributed by atoms with Gasteiger partial charge in [0.2, 0.25) is 0 Å². The molecular weight excluding hydrogens is 1040 g/mol. The molecule has 0 aliphatic rings. The molecule has 0 saturated carbocycles. The second kappa shape index (κ2) is 21.8. The van der Waals surface area contributed by atoms with Crippen molar-refractivity contribution in [1.29, 1.82) is 0 Å². The average Bonchev–Trinajstić information content (AvgIpc) is 3.73. The van der Waals surface area contributed by atoms with E-state index in [-0.39, 0.29) is 0 Å². The Morgan fingerprint density at radius 2 is 0.228 bits per heavy atom. The van der Waals surface area contributed by atoms with E-state index in [4.69, 9.17) is 0 Å². The number of benzene rings is 12. The van der Waals surface area contributed by atoms with Gasteiger partial charge in [0.25, 0.3) is 0 Å². The van der Waals surface area contributed by atoms with Crippen LogP contribution >= 0.6 is 29.1 Å². The van der Waals surface area contributed by atoms with Crippen LogP contribution in [0.3, 0.4) is 0 Å². The SMILES string of the molecule is c1ccc(P(OP(OP(c2ccccc2)(c2ccccc2)(c2ccccc2)c2ccccc2)OP(c2ccccc2)(c2ccccc2)(c2ccccc2)c2ccccc2)(c2ccccc2)(c2ccccc2)c2ccccc2)cc1. The Kier molecular flexibility index (Phi) is 14.4. The Hall–Kier alpha value is -7.76. The fourth-order valence-corrected chi connectivity index (χ4v) is 35.4. The molecule has 79 heavy (non-hydrogen) atoms. The van der Waals surface area contributed by atoms with Crippen molar-refractivity contribution < 1.29 is 12.9 Å². The zero-order valence-corrected chi connectivity index (χ0v) is 47.2. The fraction of sp³-hybridized carbons (Fsp3) is 0. The van der Waals surface area contributed by atoms with Crippen LogP contribution in [-0.4, -0.2) is 0 Å². The quantitative estimate of drug-likeness (QED) is 0.0802. The molecule has 0 fully saturated rings. The summed E-state index contributed by atoms with van der Waals surface area (Å²) in [5.41, 5.74) is 0. The van der Waals surface area contributed by atoms with Gasteiger partial charge in [0.05, 0.1) is 0 Å². The van der Waals surface area contributed by atoms with Crippen LogP contribution < -0.4 is 63.7 Å². The van der Waals surface area contributed by atoms with Crippen molar-refractivity contribution >= 4 is 92.7 Å². The molecule has 12 aromatic rings. The fourth-order valence-electron chi connectivity index (χ4n) is 12.2. The maximum atomic E-state index is 9.32. The molecule has 3 nitrogen and oxygen atoms in total. The number of hydrogen-bond acceptors (Lipinski definition) is 3. The Labute approximate surface area is 466 Å². The van der Waals surface area contributed by atoms with Crippen molar-refractivity contribution in [2.45, 2.75) is 0 Å². The molecule has 0 aliphatic heterocycles. The summed E-state index contributed by atoms with van der Waals surface area (Å²) in [5, 5.41) is 11.9. The topological polar surface area (TPSA) is 27.7 Å². The van der Waals surface area contributed by atoms with Crippen LogP contribution in [-0.2, 0) is 12.9 Å². The summed E-state index contributed by atoms with van der Waals surface area (Å²) < 4.78 is 28.0. The van der Waals surface area contributed by atoms with Crippen molar-refractivity contribution in [2.75, 3.05) is 0 Å². The monoisotopic (exact) mass is 1100 g/mol. The molecular formula is C72H60O3P4. The van der Waals surface area contributed by atoms with Gasteiger partial charge in [-0.2, -0.15) is 0 Å². The molecule has 0 spiro atoms. The third kappa shape index (κ3) is 8.00. The molecule has 0 N–H and O–H groups in total. The van der Waals surface area contributed by atoms with Gasteiger partial charge in [0.15, 0.2) is 0 Å². The molecule has 0 saturated heterocycles. The van der Waals surface area contributed by atoms with Gasteiger partial charge >= 0.3 is 470 Å². The molecule has 386 valence electrons. The van der Waals surface area contributed by atoms with E-state index in [1.54, 1.807) is 0 Å². The van der Waals surface area contributed by atoms with Crippen LogP contribution in [0.4, 0.5) is 0 Å². The Morgan fingerprint density at radius 1 is 0.139 bits per heavy atom. The first-order valence-corrected chi connectivity index (χ1v) is 34.3. The normalized spacial score (nSPS) is 13.7. The third-order valence-corrected chi connectivity index (χ3v) is 36.6. The molecule has 0 atom stereocenters. The van der Waals surface area contributed by atoms with Crippen LogP contribution in [0, 0.1) is 0 Å². The molecule has 0 radical (unpaired) electrons. The predicted octanol–water partition coefficient (Wildman–Crippen LogP) is 13.6. The second-order valence-electron chi connectivity index (χ2n) is 19.6. The van der Waals surface area contributed by atoms with Crippen molar-refractivity contribution in [1.82, 2.24) is 0 Å². The molecule has 0 bridgehead atoms. The average molecular weight is 1100 g/mol. The summed E-state index contributed by atoms with van der Waals surface area (Å²) in [5.74, 6) is 0. The van der Waals surface area contributed by atoms with Gasteiger partial charge in [0.1, 0.15) is 0 Å². The summed E-state index contributed by atoms with van der Waals surface area (Å²) in [6.45, 7) is -14.2. The molecule has 0 aromatic heterocycles. The van der Waals surface area contributed by atoms with Crippen LogP contribution in [0.5, 0.6) is 0 Å². The Morgan fingerprint density at radius 3 is 0.316 bits per heavy atom. The molecule has 0 aliphatic carbocycles. The van der Waals surface area contributed by atoms with E-state index in [1.807, 2.05) is 0 Å². The standard InChI is InChI=1S/C72H60O3P4/c1-13-37-61(38-14-1)77(62-39-15-2-16-40-62,63-41-17-3-18-42-63,64-43-19-4-20-44-64)73-76(74-78(65-45-21-5-22-46-65,66-47-23-6-24-48-66,67-49-25-7-26-50-67)68-51-27-8-28-52-68)75-79(69-53-29-9-30-54-69,70-55-31-10-32-56-70,71-57-33-11-34-58-71)72-59-35-12-36-60-72/h1-60H. The van der Waals surface area contributed by atoms with Gasteiger partial charge in [-0.3, -0.25) is 0 Å². The van der Waals surface area contributed by atoms with E-state index in [1.165, 1.54) is 0 Å². The van der Waals surface area contributed by atoms with E-state index in [2.05, 4.69) is 364 Å². The molecule has 12 rings (SSSR count). The molecule has 0 heterocycles. The minimum absolute atomic E-state index is 0.995. The first kappa shape index (κ1) is 52.0. The van der Waals surface area contributed by atoms with Gasteiger partial charge in [-0.15, -0.1) is 0 Å². The third-order valence-electron chi connectivity index (χ3n) is 15.7. The number of rotatable bonds is 18. The molecule has 12 aromatic carbocycles. The minimum atomic E-state index is -4.74. The Balaban J connectivity index is 1.36. The van der Waals surface area contributed by atoms with Crippen molar-refractivity contribution in [3.63, 3.8) is 0 Å². The first-order chi connectivity index (χ1) is 39.1. The van der Waals surface area contributed by atoms with Crippen molar-refractivity contribution in [3.8, 4) is 0 Å². The zero-order valence-electron chi connectivity index (χ0n) is 43.7. The summed E-state index contributed by atoms with van der Waals surface area (Å²) in [4.78, 5) is 0.